The van der Waals surface area contributed by atoms with E-state index in [1.54, 1.807) is 0 Å². The SMILES string of the molecule is Cc1cc2c(cc1C)NC(=O)C(C(C)C)C2. The maximum Gasteiger partial charge on any atom is 0.228 e. The number of benzene rings is 1. The lowest BCUT2D eigenvalue weighted by Crippen LogP contribution is -2.33. The van der Waals surface area contributed by atoms with Crippen LogP contribution >= 0.6 is 0 Å². The highest BCUT2D eigenvalue weighted by Crippen LogP contribution is 2.31. The van der Waals surface area contributed by atoms with Crippen molar-refractivity contribution in [2.75, 3.05) is 5.32 Å². The van der Waals surface area contributed by atoms with Gasteiger partial charge in [-0.2, -0.15) is 0 Å². The molecule has 16 heavy (non-hydrogen) atoms. The molecule has 1 heterocycles. The van der Waals surface area contributed by atoms with E-state index in [1.807, 2.05) is 0 Å². The second-order valence-corrected chi connectivity index (χ2v) is 5.14. The predicted molar refractivity (Wildman–Crippen MR) is 66.6 cm³/mol. The molecule has 1 aliphatic heterocycles. The van der Waals surface area contributed by atoms with Crippen molar-refractivity contribution in [3.05, 3.63) is 28.8 Å². The van der Waals surface area contributed by atoms with Gasteiger partial charge in [-0.15, -0.1) is 0 Å². The Bertz CT molecular complexity index is 435. The van der Waals surface area contributed by atoms with Crippen molar-refractivity contribution in [3.63, 3.8) is 0 Å². The molecule has 86 valence electrons. The van der Waals surface area contributed by atoms with Gasteiger partial charge in [-0.3, -0.25) is 4.79 Å². The Morgan fingerprint density at radius 3 is 2.50 bits per heavy atom. The zero-order valence-electron chi connectivity index (χ0n) is 10.4. The van der Waals surface area contributed by atoms with Gasteiger partial charge < -0.3 is 5.32 Å². The highest BCUT2D eigenvalue weighted by Gasteiger charge is 2.28. The van der Waals surface area contributed by atoms with Crippen LogP contribution in [-0.4, -0.2) is 5.91 Å². The van der Waals surface area contributed by atoms with Gasteiger partial charge in [-0.05, 0) is 48.9 Å². The molecule has 0 radical (unpaired) electrons. The number of aryl methyl sites for hydroxylation is 2. The monoisotopic (exact) mass is 217 g/mol. The van der Waals surface area contributed by atoms with Gasteiger partial charge in [0.05, 0.1) is 0 Å². The van der Waals surface area contributed by atoms with Gasteiger partial charge in [0.25, 0.3) is 0 Å². The van der Waals surface area contributed by atoms with Crippen molar-refractivity contribution in [3.8, 4) is 0 Å². The first-order valence-corrected chi connectivity index (χ1v) is 5.90. The molecule has 0 aromatic heterocycles. The Kier molecular flexibility index (Phi) is 2.75. The van der Waals surface area contributed by atoms with Crippen LogP contribution in [-0.2, 0) is 11.2 Å². The zero-order valence-corrected chi connectivity index (χ0v) is 10.4. The summed E-state index contributed by atoms with van der Waals surface area (Å²) in [5.74, 6) is 0.690. The third kappa shape index (κ3) is 1.84. The smallest absolute Gasteiger partial charge is 0.228 e. The summed E-state index contributed by atoms with van der Waals surface area (Å²) in [4.78, 5) is 11.9. The quantitative estimate of drug-likeness (QED) is 0.769. The molecule has 1 atom stereocenters. The van der Waals surface area contributed by atoms with Crippen LogP contribution in [0.25, 0.3) is 0 Å². The lowest BCUT2D eigenvalue weighted by atomic mass is 9.84. The third-order valence-corrected chi connectivity index (χ3v) is 3.56. The predicted octanol–water partition coefficient (Wildman–Crippen LogP) is 3.07. The summed E-state index contributed by atoms with van der Waals surface area (Å²) in [5, 5.41) is 3.02. The van der Waals surface area contributed by atoms with E-state index < -0.39 is 0 Å². The molecule has 1 N–H and O–H groups in total. The van der Waals surface area contributed by atoms with Crippen molar-refractivity contribution in [1.82, 2.24) is 0 Å². The van der Waals surface area contributed by atoms with E-state index >= 15 is 0 Å². The number of hydrogen-bond donors (Lipinski definition) is 1. The summed E-state index contributed by atoms with van der Waals surface area (Å²) in [6, 6.07) is 4.29. The third-order valence-electron chi connectivity index (χ3n) is 3.56. The first-order valence-electron chi connectivity index (χ1n) is 5.90. The van der Waals surface area contributed by atoms with Crippen LogP contribution in [0.1, 0.15) is 30.5 Å². The van der Waals surface area contributed by atoms with Crippen LogP contribution in [0.3, 0.4) is 0 Å². The first kappa shape index (κ1) is 11.2. The van der Waals surface area contributed by atoms with E-state index in [2.05, 4.69) is 45.1 Å². The summed E-state index contributed by atoms with van der Waals surface area (Å²) in [7, 11) is 0. The summed E-state index contributed by atoms with van der Waals surface area (Å²) in [6.07, 6.45) is 0.875. The molecule has 0 fully saturated rings. The maximum atomic E-state index is 11.9. The largest absolute Gasteiger partial charge is 0.326 e. The topological polar surface area (TPSA) is 29.1 Å². The van der Waals surface area contributed by atoms with E-state index in [1.165, 1.54) is 16.7 Å². The Hall–Kier alpha value is -1.31. The number of anilines is 1. The van der Waals surface area contributed by atoms with Crippen molar-refractivity contribution < 1.29 is 4.79 Å². The van der Waals surface area contributed by atoms with E-state index in [4.69, 9.17) is 0 Å². The van der Waals surface area contributed by atoms with Gasteiger partial charge in [0, 0.05) is 11.6 Å². The van der Waals surface area contributed by atoms with Gasteiger partial charge in [0.2, 0.25) is 5.91 Å². The number of hydrogen-bond acceptors (Lipinski definition) is 1. The fraction of sp³-hybridized carbons (Fsp3) is 0.500. The molecule has 0 saturated carbocycles. The van der Waals surface area contributed by atoms with Crippen molar-refractivity contribution in [2.45, 2.75) is 34.1 Å². The Morgan fingerprint density at radius 1 is 1.25 bits per heavy atom. The molecule has 0 aliphatic carbocycles. The lowest BCUT2D eigenvalue weighted by molar-refractivity contribution is -0.121. The summed E-state index contributed by atoms with van der Waals surface area (Å²) >= 11 is 0. The van der Waals surface area contributed by atoms with Crippen molar-refractivity contribution in [1.29, 1.82) is 0 Å². The number of nitrogens with one attached hydrogen (secondary N) is 1. The summed E-state index contributed by atoms with van der Waals surface area (Å²) in [5.41, 5.74) is 4.82. The molecule has 2 nitrogen and oxygen atoms in total. The number of amides is 1. The van der Waals surface area contributed by atoms with Gasteiger partial charge in [-0.1, -0.05) is 19.9 Å². The maximum absolute atomic E-state index is 11.9. The van der Waals surface area contributed by atoms with E-state index in [-0.39, 0.29) is 11.8 Å². The van der Waals surface area contributed by atoms with Crippen LogP contribution in [0.4, 0.5) is 5.69 Å². The lowest BCUT2D eigenvalue weighted by Gasteiger charge is -2.28. The second-order valence-electron chi connectivity index (χ2n) is 5.14. The Labute approximate surface area is 97.1 Å². The minimum Gasteiger partial charge on any atom is -0.326 e. The molecule has 1 aromatic carbocycles. The fourth-order valence-corrected chi connectivity index (χ4v) is 2.25. The van der Waals surface area contributed by atoms with Gasteiger partial charge >= 0.3 is 0 Å². The molecule has 2 rings (SSSR count). The highest BCUT2D eigenvalue weighted by atomic mass is 16.1. The minimum atomic E-state index is 0.120. The molecule has 0 bridgehead atoms. The molecular formula is C14H19NO. The van der Waals surface area contributed by atoms with Gasteiger partial charge in [0.15, 0.2) is 0 Å². The minimum absolute atomic E-state index is 0.120. The van der Waals surface area contributed by atoms with Crippen LogP contribution in [0, 0.1) is 25.7 Å². The number of carbonyl (C=O) groups excluding carboxylic acids is 1. The first-order chi connectivity index (χ1) is 7.49. The second kappa shape index (κ2) is 3.93. The Balaban J connectivity index is 2.39. The van der Waals surface area contributed by atoms with E-state index in [0.29, 0.717) is 5.92 Å². The normalized spacial score (nSPS) is 19.6. The number of carbonyl (C=O) groups is 1. The fourth-order valence-electron chi connectivity index (χ4n) is 2.25. The average Bonchev–Trinajstić information content (AvgIpc) is 2.19. The van der Waals surface area contributed by atoms with Crippen LogP contribution in [0.2, 0.25) is 0 Å². The molecule has 0 spiro atoms. The van der Waals surface area contributed by atoms with Gasteiger partial charge in [-0.25, -0.2) is 0 Å². The molecule has 2 heteroatoms. The molecule has 1 aliphatic rings. The molecule has 1 unspecified atom stereocenters. The van der Waals surface area contributed by atoms with Crippen molar-refractivity contribution in [2.24, 2.45) is 11.8 Å². The standard InChI is InChI=1S/C14H19NO/c1-8(2)12-7-11-5-9(3)10(4)6-13(11)15-14(12)16/h5-6,8,12H,7H2,1-4H3,(H,15,16). The van der Waals surface area contributed by atoms with E-state index in [9.17, 15) is 4.79 Å². The number of fused-ring (bicyclic) bond motifs is 1. The number of rotatable bonds is 1. The van der Waals surface area contributed by atoms with E-state index in [0.717, 1.165) is 12.1 Å². The Morgan fingerprint density at radius 2 is 1.88 bits per heavy atom. The van der Waals surface area contributed by atoms with Crippen molar-refractivity contribution >= 4 is 11.6 Å². The summed E-state index contributed by atoms with van der Waals surface area (Å²) in [6.45, 7) is 8.42. The van der Waals surface area contributed by atoms with Crippen LogP contribution in [0.5, 0.6) is 0 Å². The zero-order chi connectivity index (χ0) is 11.9. The van der Waals surface area contributed by atoms with Crippen LogP contribution < -0.4 is 5.32 Å². The molecule has 0 saturated heterocycles. The molecule has 1 amide bonds. The van der Waals surface area contributed by atoms with Crippen LogP contribution in [0.15, 0.2) is 12.1 Å². The average molecular weight is 217 g/mol. The molecular weight excluding hydrogens is 198 g/mol. The highest BCUT2D eigenvalue weighted by molar-refractivity contribution is 5.96. The summed E-state index contributed by atoms with van der Waals surface area (Å²) < 4.78 is 0. The molecule has 1 aromatic rings. The van der Waals surface area contributed by atoms with Gasteiger partial charge in [0.1, 0.15) is 0 Å².